The lowest BCUT2D eigenvalue weighted by Crippen LogP contribution is -2.13. The molecule has 13 aromatic rings. The number of furan rings is 1. The second kappa shape index (κ2) is 22.4. The molecule has 2 N–H and O–H groups in total. The maximum Gasteiger partial charge on any atom is 0.159 e. The molecule has 0 unspecified atom stereocenters. The van der Waals surface area contributed by atoms with E-state index in [2.05, 4.69) is 244 Å². The zero-order chi connectivity index (χ0) is 58.0. The summed E-state index contributed by atoms with van der Waals surface area (Å²) >= 11 is 0. The number of anilines is 5. The fourth-order valence-corrected chi connectivity index (χ4v) is 15.3. The first-order valence-corrected chi connectivity index (χ1v) is 32.0. The average molecular weight is 1120 g/mol. The number of phenols is 1. The Balaban J connectivity index is 1.01. The Bertz CT molecular complexity index is 4720. The number of hydrogen-bond acceptors (Lipinski definition) is 4. The number of aromatic hydroxyl groups is 1. The minimum atomic E-state index is 0.242. The first kappa shape index (κ1) is 53.6. The molecule has 0 atom stereocenters. The van der Waals surface area contributed by atoms with Gasteiger partial charge in [-0.15, -0.1) is 0 Å². The summed E-state index contributed by atoms with van der Waals surface area (Å²) in [5.74, 6) is 1.10. The molecule has 0 radical (unpaired) electrons. The molecule has 4 nitrogen and oxygen atoms in total. The standard InChI is InChI=1S/C82H74N2O2/c1-5-51-22-17-32-59(46-51)83-79-67(44-41-64(80(79)85)58-31-19-30-57(48-58)61-34-15-13-24-53(61)7-3)73-49-74-72(56-28-11-12-29-56)50-76(71-45-43-65-63(55-26-9-10-27-55)40-42-66(73)77(65)78(71)74)84(60-33-18-23-52(6-2)47-60)75-39-21-38-70-69-37-20-36-68(81(69)86-82(70)75)62-35-16-14-25-54(62)8-4/h13-25,30-50,55-56,83,85H,5-12,26-29H2,1-4H3. The van der Waals surface area contributed by atoms with E-state index in [1.165, 1.54) is 121 Å². The molecule has 0 spiro atoms. The van der Waals surface area contributed by atoms with Crippen molar-refractivity contribution in [3.05, 3.63) is 240 Å². The molecule has 0 aliphatic heterocycles. The molecule has 4 heteroatoms. The molecule has 0 amide bonds. The Hall–Kier alpha value is -9.12. The Morgan fingerprint density at radius 1 is 0.407 bits per heavy atom. The van der Waals surface area contributed by atoms with Gasteiger partial charge in [-0.25, -0.2) is 0 Å². The number of nitrogens with one attached hydrogen (secondary N) is 1. The number of fused-ring (bicyclic) bond motifs is 3. The van der Waals surface area contributed by atoms with E-state index in [0.717, 1.165) is 111 Å². The van der Waals surface area contributed by atoms with Gasteiger partial charge >= 0.3 is 0 Å². The molecule has 86 heavy (non-hydrogen) atoms. The molecule has 2 aliphatic carbocycles. The van der Waals surface area contributed by atoms with Crippen LogP contribution in [0.25, 0.3) is 98.8 Å². The lowest BCUT2D eigenvalue weighted by atomic mass is 9.80. The first-order chi connectivity index (χ1) is 42.4. The molecule has 0 bridgehead atoms. The second-order valence-electron chi connectivity index (χ2n) is 24.5. The van der Waals surface area contributed by atoms with Gasteiger partial charge in [0.2, 0.25) is 0 Å². The van der Waals surface area contributed by atoms with Crippen molar-refractivity contribution < 1.29 is 9.52 Å². The van der Waals surface area contributed by atoms with Gasteiger partial charge in [-0.2, -0.15) is 0 Å². The van der Waals surface area contributed by atoms with Gasteiger partial charge in [0, 0.05) is 44.2 Å². The maximum atomic E-state index is 13.2. The van der Waals surface area contributed by atoms with Gasteiger partial charge in [0.15, 0.2) is 5.58 Å². The Kier molecular flexibility index (Phi) is 13.9. The zero-order valence-corrected chi connectivity index (χ0v) is 50.1. The minimum absolute atomic E-state index is 0.242. The summed E-state index contributed by atoms with van der Waals surface area (Å²) in [6, 6.07) is 76.9. The van der Waals surface area contributed by atoms with E-state index < -0.39 is 0 Å². The number of nitrogens with zero attached hydrogens (tertiary/aromatic N) is 1. The van der Waals surface area contributed by atoms with E-state index in [-0.39, 0.29) is 5.75 Å². The van der Waals surface area contributed by atoms with Gasteiger partial charge in [-0.05, 0) is 206 Å². The van der Waals surface area contributed by atoms with E-state index in [1.807, 2.05) is 0 Å². The third-order valence-corrected chi connectivity index (χ3v) is 19.7. The van der Waals surface area contributed by atoms with Gasteiger partial charge in [-0.3, -0.25) is 0 Å². The number of aryl methyl sites for hydroxylation is 4. The van der Waals surface area contributed by atoms with Crippen molar-refractivity contribution in [1.82, 2.24) is 0 Å². The molecule has 2 aliphatic rings. The molecule has 1 heterocycles. The molecule has 12 aromatic carbocycles. The predicted molar refractivity (Wildman–Crippen MR) is 365 cm³/mol. The number of benzene rings is 12. The Morgan fingerprint density at radius 3 is 1.76 bits per heavy atom. The van der Waals surface area contributed by atoms with Gasteiger partial charge in [0.1, 0.15) is 11.3 Å². The van der Waals surface area contributed by atoms with Crippen molar-refractivity contribution >= 4 is 82.7 Å². The fourth-order valence-electron chi connectivity index (χ4n) is 15.3. The fraction of sp³-hybridized carbons (Fsp3) is 0.220. The summed E-state index contributed by atoms with van der Waals surface area (Å²) in [7, 11) is 0. The van der Waals surface area contributed by atoms with Gasteiger partial charge in [0.25, 0.3) is 0 Å². The number of para-hydroxylation sites is 2. The van der Waals surface area contributed by atoms with E-state index >= 15 is 0 Å². The van der Waals surface area contributed by atoms with Crippen molar-refractivity contribution in [2.24, 2.45) is 0 Å². The summed E-state index contributed by atoms with van der Waals surface area (Å²) in [5, 5.41) is 27.1. The predicted octanol–water partition coefficient (Wildman–Crippen LogP) is 23.6. The molecule has 2 saturated carbocycles. The monoisotopic (exact) mass is 1120 g/mol. The van der Waals surface area contributed by atoms with Crippen molar-refractivity contribution in [2.45, 2.75) is 117 Å². The van der Waals surface area contributed by atoms with Crippen LogP contribution in [0.2, 0.25) is 0 Å². The van der Waals surface area contributed by atoms with Crippen LogP contribution >= 0.6 is 0 Å². The molecular weight excluding hydrogens is 1040 g/mol. The van der Waals surface area contributed by atoms with E-state index in [9.17, 15) is 5.11 Å². The van der Waals surface area contributed by atoms with Crippen LogP contribution < -0.4 is 10.2 Å². The van der Waals surface area contributed by atoms with Crippen LogP contribution in [0, 0.1) is 0 Å². The quantitative estimate of drug-likeness (QED) is 0.0793. The van der Waals surface area contributed by atoms with E-state index in [0.29, 0.717) is 17.5 Å². The Morgan fingerprint density at radius 2 is 1.00 bits per heavy atom. The number of rotatable bonds is 15. The lowest BCUT2D eigenvalue weighted by molar-refractivity contribution is 0.480. The van der Waals surface area contributed by atoms with Crippen LogP contribution in [0.15, 0.2) is 211 Å². The summed E-state index contributed by atoms with van der Waals surface area (Å²) in [4.78, 5) is 2.55. The molecule has 15 rings (SSSR count). The largest absolute Gasteiger partial charge is 0.505 e. The van der Waals surface area contributed by atoms with Crippen LogP contribution in [0.5, 0.6) is 5.75 Å². The van der Waals surface area contributed by atoms with Gasteiger partial charge in [-0.1, -0.05) is 205 Å². The highest BCUT2D eigenvalue weighted by molar-refractivity contribution is 6.30. The zero-order valence-electron chi connectivity index (χ0n) is 50.1. The van der Waals surface area contributed by atoms with Crippen LogP contribution in [-0.4, -0.2) is 5.11 Å². The van der Waals surface area contributed by atoms with Gasteiger partial charge in [0.05, 0.1) is 17.1 Å². The number of phenolic OH excluding ortho intramolecular Hbond substituents is 1. The molecule has 2 fully saturated rings. The van der Waals surface area contributed by atoms with Crippen LogP contribution in [0.1, 0.15) is 124 Å². The molecular formula is C82H74N2O2. The Labute approximate surface area is 506 Å². The van der Waals surface area contributed by atoms with Crippen LogP contribution in [-0.2, 0) is 25.7 Å². The topological polar surface area (TPSA) is 48.6 Å². The summed E-state index contributed by atoms with van der Waals surface area (Å²) in [6.45, 7) is 8.92. The smallest absolute Gasteiger partial charge is 0.159 e. The van der Waals surface area contributed by atoms with Crippen molar-refractivity contribution in [2.75, 3.05) is 10.2 Å². The van der Waals surface area contributed by atoms with Crippen molar-refractivity contribution in [3.63, 3.8) is 0 Å². The summed E-state index contributed by atoms with van der Waals surface area (Å²) < 4.78 is 7.42. The van der Waals surface area contributed by atoms with Crippen molar-refractivity contribution in [3.8, 4) is 50.3 Å². The SMILES string of the molecule is CCc1cccc(Nc2c(-c3cc4c(C5CCCC5)cc(N(c5cccc(CC)c5)c5cccc6c5oc5c(-c7ccccc7CC)cccc56)c5ccc6c(C7CCCC7)ccc3c6c45)ccc(-c3cccc(-c4ccccc4CC)c3)c2O)c1. The van der Waals surface area contributed by atoms with Gasteiger partial charge < -0.3 is 19.7 Å². The van der Waals surface area contributed by atoms with Crippen LogP contribution in [0.3, 0.4) is 0 Å². The lowest BCUT2D eigenvalue weighted by Gasteiger charge is -2.31. The molecule has 424 valence electrons. The van der Waals surface area contributed by atoms with E-state index in [4.69, 9.17) is 4.42 Å². The van der Waals surface area contributed by atoms with Crippen molar-refractivity contribution in [1.29, 1.82) is 0 Å². The molecule has 0 saturated heterocycles. The molecule has 1 aromatic heterocycles. The number of hydrogen-bond donors (Lipinski definition) is 2. The third kappa shape index (κ3) is 9.10. The van der Waals surface area contributed by atoms with E-state index in [1.54, 1.807) is 0 Å². The highest BCUT2D eigenvalue weighted by Crippen LogP contribution is 2.55. The summed E-state index contributed by atoms with van der Waals surface area (Å²) in [5.41, 5.74) is 23.4. The van der Waals surface area contributed by atoms with Crippen LogP contribution in [0.4, 0.5) is 28.4 Å². The third-order valence-electron chi connectivity index (χ3n) is 19.7. The first-order valence-electron chi connectivity index (χ1n) is 32.0. The normalized spacial score (nSPS) is 14.0. The highest BCUT2D eigenvalue weighted by Gasteiger charge is 2.31. The summed E-state index contributed by atoms with van der Waals surface area (Å²) in [6.07, 6.45) is 13.3. The highest BCUT2D eigenvalue weighted by atomic mass is 16.3. The maximum absolute atomic E-state index is 13.2. The average Bonchev–Trinajstić information content (AvgIpc) is 0.861. The second-order valence-corrected chi connectivity index (χ2v) is 24.5. The minimum Gasteiger partial charge on any atom is -0.505 e.